The Morgan fingerprint density at radius 2 is 2.17 bits per heavy atom. The topological polar surface area (TPSA) is 42.4 Å². The quantitative estimate of drug-likeness (QED) is 0.901. The summed E-state index contributed by atoms with van der Waals surface area (Å²) in [6.07, 6.45) is 0.367. The lowest BCUT2D eigenvalue weighted by Gasteiger charge is -2.14. The molecule has 0 radical (unpaired) electrons. The van der Waals surface area contributed by atoms with Crippen LogP contribution in [0.2, 0.25) is 0 Å². The van der Waals surface area contributed by atoms with Crippen LogP contribution in [-0.4, -0.2) is 22.8 Å². The third-order valence-electron chi connectivity index (χ3n) is 2.65. The fourth-order valence-corrected chi connectivity index (χ4v) is 2.77. The lowest BCUT2D eigenvalue weighted by atomic mass is 10.1. The molecule has 0 aliphatic carbocycles. The Bertz CT molecular complexity index is 521. The molecule has 0 aliphatic heterocycles. The molecule has 0 saturated carbocycles. The maximum absolute atomic E-state index is 9.76. The molecule has 0 fully saturated rings. The van der Waals surface area contributed by atoms with E-state index >= 15 is 0 Å². The Labute approximate surface area is 111 Å². The average Bonchev–Trinajstić information content (AvgIpc) is 2.64. The summed E-state index contributed by atoms with van der Waals surface area (Å²) in [4.78, 5) is 4.40. The summed E-state index contributed by atoms with van der Waals surface area (Å²) < 4.78 is 6.74. The smallest absolute Gasteiger partial charge is 0.121 e. The molecule has 0 amide bonds. The molecule has 1 unspecified atom stereocenters. The molecule has 1 heterocycles. The molecule has 18 heavy (non-hydrogen) atoms. The Hall–Kier alpha value is -1.13. The van der Waals surface area contributed by atoms with Gasteiger partial charge in [-0.25, -0.2) is 4.98 Å². The molecule has 0 aliphatic rings. The van der Waals surface area contributed by atoms with Gasteiger partial charge in [0.2, 0.25) is 0 Å². The number of thiazole rings is 1. The summed E-state index contributed by atoms with van der Waals surface area (Å²) in [5, 5.41) is 10.8. The van der Waals surface area contributed by atoms with Crippen LogP contribution in [0.25, 0.3) is 10.2 Å². The monoisotopic (exact) mass is 265 g/mol. The number of ether oxygens (including phenoxy) is 1. The van der Waals surface area contributed by atoms with Crippen LogP contribution in [0, 0.1) is 12.8 Å². The van der Waals surface area contributed by atoms with Crippen LogP contribution in [0.4, 0.5) is 0 Å². The summed E-state index contributed by atoms with van der Waals surface area (Å²) in [6.45, 7) is 6.53. The van der Waals surface area contributed by atoms with E-state index in [1.807, 2.05) is 25.1 Å². The van der Waals surface area contributed by atoms with Gasteiger partial charge in [-0.05, 0) is 37.5 Å². The number of aromatic nitrogens is 1. The van der Waals surface area contributed by atoms with Crippen molar-refractivity contribution >= 4 is 21.6 Å². The number of hydrogen-bond donors (Lipinski definition) is 1. The molecule has 1 atom stereocenters. The molecule has 98 valence electrons. The summed E-state index contributed by atoms with van der Waals surface area (Å²) >= 11 is 1.66. The molecule has 1 N–H and O–H groups in total. The zero-order valence-electron chi connectivity index (χ0n) is 11.0. The summed E-state index contributed by atoms with van der Waals surface area (Å²) in [6, 6.07) is 5.86. The summed E-state index contributed by atoms with van der Waals surface area (Å²) in [5.74, 6) is 1.28. The van der Waals surface area contributed by atoms with Crippen molar-refractivity contribution in [1.82, 2.24) is 4.98 Å². The molecular formula is C14H19NO2S. The zero-order chi connectivity index (χ0) is 13.1. The Balaban J connectivity index is 1.99. The number of aryl methyl sites for hydroxylation is 1. The van der Waals surface area contributed by atoms with E-state index in [1.165, 1.54) is 0 Å². The largest absolute Gasteiger partial charge is 0.491 e. The third kappa shape index (κ3) is 3.43. The maximum Gasteiger partial charge on any atom is 0.121 e. The minimum Gasteiger partial charge on any atom is -0.491 e. The number of benzene rings is 1. The van der Waals surface area contributed by atoms with E-state index in [0.717, 1.165) is 27.4 Å². The van der Waals surface area contributed by atoms with Crippen LogP contribution in [0.15, 0.2) is 18.2 Å². The third-order valence-corrected chi connectivity index (χ3v) is 3.59. The van der Waals surface area contributed by atoms with Crippen LogP contribution in [-0.2, 0) is 0 Å². The Kier molecular flexibility index (Phi) is 4.19. The Morgan fingerprint density at radius 1 is 1.39 bits per heavy atom. The normalized spacial score (nSPS) is 13.2. The lowest BCUT2D eigenvalue weighted by Crippen LogP contribution is -2.19. The zero-order valence-corrected chi connectivity index (χ0v) is 11.8. The lowest BCUT2D eigenvalue weighted by molar-refractivity contribution is 0.0893. The molecular weight excluding hydrogens is 246 g/mol. The van der Waals surface area contributed by atoms with Gasteiger partial charge in [0.1, 0.15) is 12.4 Å². The highest BCUT2D eigenvalue weighted by Crippen LogP contribution is 2.26. The Morgan fingerprint density at radius 3 is 2.89 bits per heavy atom. The van der Waals surface area contributed by atoms with Crippen molar-refractivity contribution < 1.29 is 9.84 Å². The van der Waals surface area contributed by atoms with Crippen molar-refractivity contribution in [2.75, 3.05) is 6.61 Å². The first kappa shape index (κ1) is 13.3. The first-order valence-corrected chi connectivity index (χ1v) is 7.04. The van der Waals surface area contributed by atoms with Crippen molar-refractivity contribution in [3.63, 3.8) is 0 Å². The van der Waals surface area contributed by atoms with Crippen molar-refractivity contribution in [2.24, 2.45) is 5.92 Å². The average molecular weight is 265 g/mol. The molecule has 0 saturated heterocycles. The van der Waals surface area contributed by atoms with E-state index < -0.39 is 6.10 Å². The van der Waals surface area contributed by atoms with Crippen molar-refractivity contribution in [2.45, 2.75) is 33.3 Å². The minimum atomic E-state index is -0.399. The first-order chi connectivity index (χ1) is 8.54. The predicted molar refractivity (Wildman–Crippen MR) is 75.3 cm³/mol. The van der Waals surface area contributed by atoms with Crippen molar-refractivity contribution in [3.05, 3.63) is 23.2 Å². The van der Waals surface area contributed by atoms with Gasteiger partial charge in [-0.1, -0.05) is 13.8 Å². The van der Waals surface area contributed by atoms with Crippen LogP contribution in [0.5, 0.6) is 5.75 Å². The SMILES string of the molecule is Cc1nc2ccc(OCC(O)CC(C)C)cc2s1. The van der Waals surface area contributed by atoms with E-state index in [1.54, 1.807) is 11.3 Å². The number of hydrogen-bond acceptors (Lipinski definition) is 4. The van der Waals surface area contributed by atoms with Gasteiger partial charge >= 0.3 is 0 Å². The van der Waals surface area contributed by atoms with Gasteiger partial charge in [-0.2, -0.15) is 0 Å². The second kappa shape index (κ2) is 5.67. The van der Waals surface area contributed by atoms with Crippen LogP contribution in [0.3, 0.4) is 0 Å². The minimum absolute atomic E-state index is 0.349. The highest BCUT2D eigenvalue weighted by atomic mass is 32.1. The molecule has 1 aromatic heterocycles. The number of aliphatic hydroxyl groups excluding tert-OH is 1. The van der Waals surface area contributed by atoms with Crippen LogP contribution >= 0.6 is 11.3 Å². The highest BCUT2D eigenvalue weighted by molar-refractivity contribution is 7.18. The van der Waals surface area contributed by atoms with E-state index in [0.29, 0.717) is 12.5 Å². The fraction of sp³-hybridized carbons (Fsp3) is 0.500. The maximum atomic E-state index is 9.76. The van der Waals surface area contributed by atoms with Crippen LogP contribution in [0.1, 0.15) is 25.3 Å². The summed E-state index contributed by atoms with van der Waals surface area (Å²) in [7, 11) is 0. The summed E-state index contributed by atoms with van der Waals surface area (Å²) in [5.41, 5.74) is 1.01. The van der Waals surface area contributed by atoms with Gasteiger partial charge in [0.15, 0.2) is 0 Å². The second-order valence-corrected chi connectivity index (χ2v) is 6.19. The van der Waals surface area contributed by atoms with Crippen molar-refractivity contribution in [3.8, 4) is 5.75 Å². The van der Waals surface area contributed by atoms with Crippen LogP contribution < -0.4 is 4.74 Å². The standard InChI is InChI=1S/C14H19NO2S/c1-9(2)6-11(16)8-17-12-4-5-13-14(7-12)18-10(3)15-13/h4-5,7,9,11,16H,6,8H2,1-3H3. The highest BCUT2D eigenvalue weighted by Gasteiger charge is 2.08. The van der Waals surface area contributed by atoms with Gasteiger partial charge in [0.25, 0.3) is 0 Å². The molecule has 1 aromatic carbocycles. The molecule has 0 bridgehead atoms. The molecule has 2 rings (SSSR count). The molecule has 4 heteroatoms. The number of nitrogens with zero attached hydrogens (tertiary/aromatic N) is 1. The molecule has 3 nitrogen and oxygen atoms in total. The number of aliphatic hydroxyl groups is 1. The van der Waals surface area contributed by atoms with E-state index in [-0.39, 0.29) is 0 Å². The van der Waals surface area contributed by atoms with Crippen molar-refractivity contribution in [1.29, 1.82) is 0 Å². The number of rotatable bonds is 5. The van der Waals surface area contributed by atoms with Gasteiger partial charge in [0, 0.05) is 0 Å². The predicted octanol–water partition coefficient (Wildman–Crippen LogP) is 3.39. The first-order valence-electron chi connectivity index (χ1n) is 6.22. The second-order valence-electron chi connectivity index (χ2n) is 4.96. The van der Waals surface area contributed by atoms with Gasteiger partial charge in [0.05, 0.1) is 21.3 Å². The number of fused-ring (bicyclic) bond motifs is 1. The molecule has 0 spiro atoms. The van der Waals surface area contributed by atoms with E-state index in [4.69, 9.17) is 4.74 Å². The fourth-order valence-electron chi connectivity index (χ4n) is 1.91. The van der Waals surface area contributed by atoms with E-state index in [2.05, 4.69) is 18.8 Å². The molecule has 2 aromatic rings. The van der Waals surface area contributed by atoms with Gasteiger partial charge in [-0.3, -0.25) is 0 Å². The van der Waals surface area contributed by atoms with E-state index in [9.17, 15) is 5.11 Å². The van der Waals surface area contributed by atoms with Gasteiger partial charge in [-0.15, -0.1) is 11.3 Å². The van der Waals surface area contributed by atoms with Gasteiger partial charge < -0.3 is 9.84 Å².